The van der Waals surface area contributed by atoms with E-state index in [1.165, 1.54) is 12.8 Å². The number of hydrogen-bond donors (Lipinski definition) is 1. The highest BCUT2D eigenvalue weighted by atomic mass is 19.4. The van der Waals surface area contributed by atoms with Crippen molar-refractivity contribution >= 4 is 0 Å². The summed E-state index contributed by atoms with van der Waals surface area (Å²) in [6.07, 6.45) is -0.907. The second-order valence-corrected chi connectivity index (χ2v) is 5.19. The minimum atomic E-state index is -4.24. The Balaban J connectivity index is 1.84. The molecule has 1 unspecified atom stereocenters. The molecular weight excluding hydrogens is 239 g/mol. The summed E-state index contributed by atoms with van der Waals surface area (Å²) >= 11 is 0. The molecule has 2 rings (SSSR count). The molecule has 1 aliphatic rings. The Morgan fingerprint density at radius 3 is 2.33 bits per heavy atom. The molecule has 1 aromatic rings. The molecule has 18 heavy (non-hydrogen) atoms. The second kappa shape index (κ2) is 5.31. The van der Waals surface area contributed by atoms with Crippen molar-refractivity contribution in [3.8, 4) is 0 Å². The molecule has 1 nitrogen and oxygen atoms in total. The van der Waals surface area contributed by atoms with Gasteiger partial charge >= 0.3 is 6.18 Å². The first-order valence-electron chi connectivity index (χ1n) is 6.34. The van der Waals surface area contributed by atoms with Gasteiger partial charge in [0.2, 0.25) is 0 Å². The van der Waals surface area contributed by atoms with Crippen LogP contribution < -0.4 is 5.32 Å². The number of halogens is 3. The summed E-state index contributed by atoms with van der Waals surface area (Å²) in [6.45, 7) is 3.05. The van der Waals surface area contributed by atoms with Crippen LogP contribution in [0.1, 0.15) is 30.9 Å². The maximum Gasteiger partial charge on any atom is 0.416 e. The first kappa shape index (κ1) is 13.4. The van der Waals surface area contributed by atoms with Crippen molar-refractivity contribution in [2.75, 3.05) is 6.54 Å². The lowest BCUT2D eigenvalue weighted by atomic mass is 10.00. The first-order valence-corrected chi connectivity index (χ1v) is 6.34. The highest BCUT2D eigenvalue weighted by Gasteiger charge is 2.29. The van der Waals surface area contributed by atoms with Crippen LogP contribution in [-0.2, 0) is 12.6 Å². The van der Waals surface area contributed by atoms with Crippen LogP contribution >= 0.6 is 0 Å². The van der Waals surface area contributed by atoms with Crippen LogP contribution in [0.15, 0.2) is 24.3 Å². The Bertz CT molecular complexity index is 379. The lowest BCUT2D eigenvalue weighted by Crippen LogP contribution is -2.24. The first-order chi connectivity index (χ1) is 8.45. The molecule has 0 radical (unpaired) electrons. The molecule has 1 atom stereocenters. The van der Waals surface area contributed by atoms with Gasteiger partial charge < -0.3 is 5.32 Å². The lowest BCUT2D eigenvalue weighted by Gasteiger charge is -2.13. The van der Waals surface area contributed by atoms with E-state index in [4.69, 9.17) is 0 Å². The van der Waals surface area contributed by atoms with E-state index in [0.717, 1.165) is 30.7 Å². The summed E-state index contributed by atoms with van der Waals surface area (Å²) in [6, 6.07) is 6.17. The molecule has 1 aromatic carbocycles. The maximum atomic E-state index is 12.4. The molecule has 1 fully saturated rings. The van der Waals surface area contributed by atoms with Crippen LogP contribution in [0.5, 0.6) is 0 Å². The fraction of sp³-hybridized carbons (Fsp3) is 0.571. The van der Waals surface area contributed by atoms with Crippen molar-refractivity contribution in [3.63, 3.8) is 0 Å². The third kappa shape index (κ3) is 4.02. The van der Waals surface area contributed by atoms with Crippen LogP contribution in [-0.4, -0.2) is 12.6 Å². The Morgan fingerprint density at radius 1 is 1.22 bits per heavy atom. The Labute approximate surface area is 105 Å². The predicted molar refractivity (Wildman–Crippen MR) is 65.3 cm³/mol. The molecule has 0 bridgehead atoms. The summed E-state index contributed by atoms with van der Waals surface area (Å²) < 4.78 is 37.2. The number of hydrogen-bond acceptors (Lipinski definition) is 1. The molecule has 0 saturated heterocycles. The number of alkyl halides is 3. The van der Waals surface area contributed by atoms with Crippen molar-refractivity contribution in [1.82, 2.24) is 5.32 Å². The van der Waals surface area contributed by atoms with Crippen molar-refractivity contribution in [2.24, 2.45) is 5.92 Å². The van der Waals surface area contributed by atoms with Gasteiger partial charge in [-0.2, -0.15) is 13.2 Å². The molecule has 1 N–H and O–H groups in total. The van der Waals surface area contributed by atoms with Gasteiger partial charge in [0.25, 0.3) is 0 Å². The topological polar surface area (TPSA) is 12.0 Å². The maximum absolute atomic E-state index is 12.4. The molecule has 4 heteroatoms. The molecule has 0 aromatic heterocycles. The van der Waals surface area contributed by atoms with Crippen LogP contribution in [0.3, 0.4) is 0 Å². The monoisotopic (exact) mass is 257 g/mol. The fourth-order valence-corrected chi connectivity index (χ4v) is 1.96. The zero-order chi connectivity index (χ0) is 13.2. The normalized spacial score (nSPS) is 17.8. The van der Waals surface area contributed by atoms with Crippen molar-refractivity contribution in [1.29, 1.82) is 0 Å². The SMILES string of the molecule is CC(CNC1CC1)Cc1ccc(C(F)(F)F)cc1. The number of rotatable bonds is 5. The van der Waals surface area contributed by atoms with E-state index in [1.807, 2.05) is 0 Å². The summed E-state index contributed by atoms with van der Waals surface area (Å²) in [5.41, 5.74) is 0.392. The van der Waals surface area contributed by atoms with Gasteiger partial charge in [-0.1, -0.05) is 19.1 Å². The van der Waals surface area contributed by atoms with E-state index >= 15 is 0 Å². The predicted octanol–water partition coefficient (Wildman–Crippen LogP) is 3.64. The lowest BCUT2D eigenvalue weighted by molar-refractivity contribution is -0.137. The van der Waals surface area contributed by atoms with Crippen molar-refractivity contribution in [3.05, 3.63) is 35.4 Å². The molecule has 0 aliphatic heterocycles. The Kier molecular flexibility index (Phi) is 3.95. The van der Waals surface area contributed by atoms with Gasteiger partial charge in [-0.05, 0) is 49.4 Å². The molecule has 1 aliphatic carbocycles. The molecule has 0 spiro atoms. The van der Waals surface area contributed by atoms with E-state index in [1.54, 1.807) is 12.1 Å². The molecule has 100 valence electrons. The smallest absolute Gasteiger partial charge is 0.314 e. The summed E-state index contributed by atoms with van der Waals surface area (Å²) in [7, 11) is 0. The number of nitrogens with one attached hydrogen (secondary N) is 1. The molecular formula is C14H18F3N. The molecule has 0 amide bonds. The Morgan fingerprint density at radius 2 is 1.83 bits per heavy atom. The van der Waals surface area contributed by atoms with Gasteiger partial charge in [-0.3, -0.25) is 0 Å². The third-order valence-electron chi connectivity index (χ3n) is 3.20. The van der Waals surface area contributed by atoms with E-state index < -0.39 is 11.7 Å². The number of benzene rings is 1. The van der Waals surface area contributed by atoms with Gasteiger partial charge in [0, 0.05) is 6.04 Å². The Hall–Kier alpha value is -1.03. The van der Waals surface area contributed by atoms with Crippen LogP contribution in [0.4, 0.5) is 13.2 Å². The van der Waals surface area contributed by atoms with Crippen LogP contribution in [0.2, 0.25) is 0 Å². The minimum absolute atomic E-state index is 0.447. The van der Waals surface area contributed by atoms with Crippen LogP contribution in [0, 0.1) is 5.92 Å². The minimum Gasteiger partial charge on any atom is -0.314 e. The van der Waals surface area contributed by atoms with E-state index in [9.17, 15) is 13.2 Å². The van der Waals surface area contributed by atoms with Crippen molar-refractivity contribution in [2.45, 2.75) is 38.4 Å². The average molecular weight is 257 g/mol. The quantitative estimate of drug-likeness (QED) is 0.849. The van der Waals surface area contributed by atoms with Gasteiger partial charge in [0.05, 0.1) is 5.56 Å². The van der Waals surface area contributed by atoms with E-state index in [-0.39, 0.29) is 0 Å². The van der Waals surface area contributed by atoms with E-state index in [2.05, 4.69) is 12.2 Å². The summed E-state index contributed by atoms with van der Waals surface area (Å²) in [5.74, 6) is 0.447. The van der Waals surface area contributed by atoms with Crippen molar-refractivity contribution < 1.29 is 13.2 Å². The van der Waals surface area contributed by atoms with Gasteiger partial charge in [0.15, 0.2) is 0 Å². The third-order valence-corrected chi connectivity index (χ3v) is 3.20. The highest BCUT2D eigenvalue weighted by Crippen LogP contribution is 2.29. The van der Waals surface area contributed by atoms with E-state index in [0.29, 0.717) is 12.0 Å². The zero-order valence-corrected chi connectivity index (χ0v) is 10.4. The molecule has 1 saturated carbocycles. The van der Waals surface area contributed by atoms with Gasteiger partial charge in [-0.25, -0.2) is 0 Å². The van der Waals surface area contributed by atoms with Gasteiger partial charge in [0.1, 0.15) is 0 Å². The summed E-state index contributed by atoms with van der Waals surface area (Å²) in [4.78, 5) is 0. The second-order valence-electron chi connectivity index (χ2n) is 5.19. The summed E-state index contributed by atoms with van der Waals surface area (Å²) in [5, 5.41) is 3.43. The largest absolute Gasteiger partial charge is 0.416 e. The fourth-order valence-electron chi connectivity index (χ4n) is 1.96. The molecule has 0 heterocycles. The average Bonchev–Trinajstić information content (AvgIpc) is 3.09. The highest BCUT2D eigenvalue weighted by molar-refractivity contribution is 5.24. The standard InChI is InChI=1S/C14H18F3N/c1-10(9-18-13-6-7-13)8-11-2-4-12(5-3-11)14(15,16)17/h2-5,10,13,18H,6-9H2,1H3. The van der Waals surface area contributed by atoms with Crippen LogP contribution in [0.25, 0.3) is 0 Å². The zero-order valence-electron chi connectivity index (χ0n) is 10.4. The van der Waals surface area contributed by atoms with Gasteiger partial charge in [-0.15, -0.1) is 0 Å².